The molecule has 0 spiro atoms. The first-order chi connectivity index (χ1) is 29.6. The molecule has 16 nitrogen and oxygen atoms in total. The van der Waals surface area contributed by atoms with E-state index in [1.165, 1.54) is 30.3 Å². The lowest BCUT2D eigenvalue weighted by Crippen LogP contribution is -2.46. The number of esters is 1. The molecule has 5 aromatic carbocycles. The SMILES string of the molecule is COc1c(CC(=O)c2cc3c(cc2O)OC(C)(C)C(O)C3)ccc2c1C=CC(C)(C)O2.O=C(OC1Cc2c(O)cc(O)cc2OC1c1ccc(O)c(O)c1)c1cc(O)c(O)c(O)c1. The number of methoxy groups -OCH3 is 1. The van der Waals surface area contributed by atoms with E-state index in [1.54, 1.807) is 27.0 Å². The Morgan fingerprint density at radius 1 is 0.730 bits per heavy atom. The number of fused-ring (bicyclic) bond motifs is 3. The molecule has 0 aliphatic carbocycles. The molecule has 8 rings (SSSR count). The second kappa shape index (κ2) is 16.4. The Bertz CT molecular complexity index is 2640. The molecule has 3 atom stereocenters. The van der Waals surface area contributed by atoms with Crippen LogP contribution in [-0.2, 0) is 24.0 Å². The third-order valence-electron chi connectivity index (χ3n) is 10.9. The number of carbonyl (C=O) groups is 2. The average molecular weight is 867 g/mol. The minimum Gasteiger partial charge on any atom is -0.508 e. The van der Waals surface area contributed by atoms with Gasteiger partial charge in [0, 0.05) is 54.2 Å². The molecule has 3 aliphatic rings. The second-order valence-corrected chi connectivity index (χ2v) is 16.5. The van der Waals surface area contributed by atoms with Gasteiger partial charge in [-0.15, -0.1) is 0 Å². The lowest BCUT2D eigenvalue weighted by molar-refractivity contribution is -0.0412. The van der Waals surface area contributed by atoms with Crippen LogP contribution in [0.2, 0.25) is 0 Å². The van der Waals surface area contributed by atoms with Crippen molar-refractivity contribution in [1.82, 2.24) is 0 Å². The van der Waals surface area contributed by atoms with Crippen LogP contribution in [-0.4, -0.2) is 88.2 Å². The Morgan fingerprint density at radius 2 is 1.44 bits per heavy atom. The minimum absolute atomic E-state index is 0.0461. The zero-order valence-electron chi connectivity index (χ0n) is 34.7. The highest BCUT2D eigenvalue weighted by molar-refractivity contribution is 6.01. The molecule has 0 saturated carbocycles. The standard InChI is InChI=1S/C25H28O6.C22H18O10/c1-24(2)9-8-16-20(30-24)7-6-14(23(16)29-5)11-18(26)17-10-15-12-22(28)25(3,4)31-21(15)13-19(17)27;23-11-6-14(25)12-8-19(32-22(30)10-4-16(27)20(29)17(28)5-10)21(31-18(12)7-11)9-1-2-13(24)15(26)3-9/h6-10,13,22,27-28H,11-12H2,1-5H3;1-7,19,21,23-29H,8H2. The number of benzene rings is 5. The minimum atomic E-state index is -1.06. The number of ketones is 1. The van der Waals surface area contributed by atoms with Gasteiger partial charge in [-0.2, -0.15) is 0 Å². The summed E-state index contributed by atoms with van der Waals surface area (Å²) in [6.45, 7) is 7.52. The first-order valence-electron chi connectivity index (χ1n) is 19.7. The van der Waals surface area contributed by atoms with Crippen LogP contribution in [0, 0.1) is 0 Å². The number of rotatable bonds is 7. The Kier molecular flexibility index (Phi) is 11.4. The van der Waals surface area contributed by atoms with E-state index in [0.29, 0.717) is 40.4 Å². The Labute approximate surface area is 360 Å². The number of Topliss-reactive ketones (excluding diaryl/α,β-unsaturated/α-hetero) is 1. The normalized spacial score (nSPS) is 18.7. The molecule has 3 unspecified atom stereocenters. The van der Waals surface area contributed by atoms with Gasteiger partial charge < -0.3 is 69.6 Å². The van der Waals surface area contributed by atoms with E-state index in [9.17, 15) is 55.5 Å². The zero-order chi connectivity index (χ0) is 45.7. The van der Waals surface area contributed by atoms with Crippen LogP contribution in [0.15, 0.2) is 72.8 Å². The van der Waals surface area contributed by atoms with E-state index in [2.05, 4.69) is 0 Å². The summed E-state index contributed by atoms with van der Waals surface area (Å²) in [4.78, 5) is 25.8. The van der Waals surface area contributed by atoms with Crippen molar-refractivity contribution in [3.05, 3.63) is 112 Å². The summed E-state index contributed by atoms with van der Waals surface area (Å²) in [5.41, 5.74) is 1.54. The molecule has 5 aromatic rings. The lowest BCUT2D eigenvalue weighted by atomic mass is 9.89. The van der Waals surface area contributed by atoms with Gasteiger partial charge in [0.15, 0.2) is 40.6 Å². The number of hydrogen-bond acceptors (Lipinski definition) is 16. The molecule has 0 amide bonds. The van der Waals surface area contributed by atoms with Gasteiger partial charge in [0.05, 0.1) is 29.9 Å². The van der Waals surface area contributed by atoms with E-state index in [4.69, 9.17) is 23.7 Å². The topological polar surface area (TPSA) is 262 Å². The van der Waals surface area contributed by atoms with Crippen LogP contribution < -0.4 is 18.9 Å². The first-order valence-corrected chi connectivity index (χ1v) is 19.7. The molecule has 0 radical (unpaired) electrons. The van der Waals surface area contributed by atoms with Crippen molar-refractivity contribution < 1.29 is 79.2 Å². The van der Waals surface area contributed by atoms with Crippen molar-refractivity contribution >= 4 is 17.8 Å². The van der Waals surface area contributed by atoms with Gasteiger partial charge in [0.25, 0.3) is 0 Å². The summed E-state index contributed by atoms with van der Waals surface area (Å²) in [6.07, 6.45) is 1.47. The van der Waals surface area contributed by atoms with Gasteiger partial charge >= 0.3 is 5.97 Å². The third-order valence-corrected chi connectivity index (χ3v) is 10.9. The monoisotopic (exact) mass is 866 g/mol. The molecule has 0 saturated heterocycles. The van der Waals surface area contributed by atoms with Crippen molar-refractivity contribution in [3.63, 3.8) is 0 Å². The van der Waals surface area contributed by atoms with Crippen molar-refractivity contribution in [3.8, 4) is 69.0 Å². The van der Waals surface area contributed by atoms with Crippen LogP contribution in [0.5, 0.6) is 69.0 Å². The van der Waals surface area contributed by atoms with Crippen molar-refractivity contribution in [1.29, 1.82) is 0 Å². The molecule has 63 heavy (non-hydrogen) atoms. The molecule has 0 fully saturated rings. The highest BCUT2D eigenvalue weighted by Crippen LogP contribution is 2.45. The Balaban J connectivity index is 0.000000189. The number of carbonyl (C=O) groups excluding carboxylic acids is 2. The molecule has 16 heteroatoms. The van der Waals surface area contributed by atoms with Crippen molar-refractivity contribution in [2.24, 2.45) is 0 Å². The highest BCUT2D eigenvalue weighted by atomic mass is 16.6. The maximum atomic E-state index is 13.1. The van der Waals surface area contributed by atoms with Crippen LogP contribution in [0.1, 0.15) is 82.3 Å². The largest absolute Gasteiger partial charge is 0.508 e. The second-order valence-electron chi connectivity index (χ2n) is 16.5. The average Bonchev–Trinajstić information content (AvgIpc) is 3.21. The quantitative estimate of drug-likeness (QED) is 0.0473. The molecular formula is C47H46O16. The van der Waals surface area contributed by atoms with E-state index in [0.717, 1.165) is 23.8 Å². The van der Waals surface area contributed by atoms with Gasteiger partial charge in [-0.3, -0.25) is 4.79 Å². The van der Waals surface area contributed by atoms with Crippen LogP contribution >= 0.6 is 0 Å². The van der Waals surface area contributed by atoms with Crippen LogP contribution in [0.25, 0.3) is 6.08 Å². The van der Waals surface area contributed by atoms with E-state index in [1.807, 2.05) is 38.1 Å². The summed E-state index contributed by atoms with van der Waals surface area (Å²) in [7, 11) is 1.56. The number of aromatic hydroxyl groups is 8. The van der Waals surface area contributed by atoms with Gasteiger partial charge in [-0.05, 0) is 81.8 Å². The van der Waals surface area contributed by atoms with Crippen molar-refractivity contribution in [2.75, 3.05) is 7.11 Å². The van der Waals surface area contributed by atoms with Crippen LogP contribution in [0.4, 0.5) is 0 Å². The molecule has 0 aromatic heterocycles. The van der Waals surface area contributed by atoms with E-state index in [-0.39, 0.29) is 64.1 Å². The number of hydrogen-bond donors (Lipinski definition) is 9. The highest BCUT2D eigenvalue weighted by Gasteiger charge is 2.38. The van der Waals surface area contributed by atoms with Gasteiger partial charge in [-0.1, -0.05) is 12.1 Å². The summed E-state index contributed by atoms with van der Waals surface area (Å²) in [5.74, 6) is -3.06. The van der Waals surface area contributed by atoms with E-state index < -0.39 is 58.5 Å². The first kappa shape index (κ1) is 43.6. The number of phenols is 8. The summed E-state index contributed by atoms with van der Waals surface area (Å²) in [6, 6.07) is 14.8. The summed E-state index contributed by atoms with van der Waals surface area (Å²) < 4.78 is 28.8. The predicted octanol–water partition coefficient (Wildman–Crippen LogP) is 6.61. The van der Waals surface area contributed by atoms with Gasteiger partial charge in [-0.25, -0.2) is 4.79 Å². The third kappa shape index (κ3) is 8.84. The maximum Gasteiger partial charge on any atom is 0.338 e. The fraction of sp³-hybridized carbons (Fsp3) is 0.277. The smallest absolute Gasteiger partial charge is 0.338 e. The fourth-order valence-corrected chi connectivity index (χ4v) is 7.50. The summed E-state index contributed by atoms with van der Waals surface area (Å²) >= 11 is 0. The van der Waals surface area contributed by atoms with Gasteiger partial charge in [0.1, 0.15) is 57.6 Å². The number of aliphatic hydroxyl groups excluding tert-OH is 1. The van der Waals surface area contributed by atoms with Crippen LogP contribution in [0.3, 0.4) is 0 Å². The molecular weight excluding hydrogens is 821 g/mol. The zero-order valence-corrected chi connectivity index (χ0v) is 34.7. The molecule has 9 N–H and O–H groups in total. The number of ether oxygens (including phenoxy) is 5. The molecule has 3 aliphatic heterocycles. The number of phenolic OH excluding ortho intramolecular Hbond substituents is 8. The molecule has 0 bridgehead atoms. The predicted molar refractivity (Wildman–Crippen MR) is 225 cm³/mol. The van der Waals surface area contributed by atoms with Gasteiger partial charge in [0.2, 0.25) is 0 Å². The Morgan fingerprint density at radius 3 is 2.13 bits per heavy atom. The summed E-state index contributed by atoms with van der Waals surface area (Å²) in [5, 5.41) is 89.1. The fourth-order valence-electron chi connectivity index (χ4n) is 7.50. The van der Waals surface area contributed by atoms with Crippen molar-refractivity contribution in [2.45, 2.75) is 76.5 Å². The maximum absolute atomic E-state index is 13.1. The lowest BCUT2D eigenvalue weighted by Gasteiger charge is -2.37. The molecule has 3 heterocycles. The van der Waals surface area contributed by atoms with E-state index >= 15 is 0 Å². The number of aliphatic hydroxyl groups is 1. The molecule has 330 valence electrons. The Hall–Kier alpha value is -7.46.